The fraction of sp³-hybridized carbons (Fsp3) is 0. The predicted octanol–water partition coefficient (Wildman–Crippen LogP) is 11.5. The highest BCUT2D eigenvalue weighted by Crippen LogP contribution is 2.43. The summed E-state index contributed by atoms with van der Waals surface area (Å²) in [7, 11) is 0. The molecule has 1 nitrogen and oxygen atoms in total. The molecule has 0 aliphatic heterocycles. The maximum atomic E-state index is 2.46. The summed E-state index contributed by atoms with van der Waals surface area (Å²) in [6.45, 7) is 0. The van der Waals surface area contributed by atoms with Crippen LogP contribution in [0.15, 0.2) is 164 Å². The molecule has 9 aromatic rings. The Morgan fingerprint density at radius 2 is 0.698 bits per heavy atom. The molecular weight excluding hydrogens is 518 g/mol. The van der Waals surface area contributed by atoms with Gasteiger partial charge in [0.1, 0.15) is 0 Å². The number of rotatable bonds is 4. The van der Waals surface area contributed by atoms with E-state index in [1.807, 2.05) is 0 Å². The van der Waals surface area contributed by atoms with Crippen molar-refractivity contribution in [3.05, 3.63) is 164 Å². The topological polar surface area (TPSA) is 4.41 Å². The maximum absolute atomic E-state index is 2.46. The molecule has 2 aromatic heterocycles. The number of fused-ring (bicyclic) bond motifs is 6. The highest BCUT2D eigenvalue weighted by Gasteiger charge is 2.19. The summed E-state index contributed by atoms with van der Waals surface area (Å²) in [4.78, 5) is 0. The molecule has 0 fully saturated rings. The summed E-state index contributed by atoms with van der Waals surface area (Å²) in [6.07, 6.45) is 0. The molecule has 0 radical (unpaired) electrons. The van der Waals surface area contributed by atoms with E-state index >= 15 is 0 Å². The number of hydrogen-bond donors (Lipinski definition) is 0. The Bertz CT molecular complexity index is 2430. The van der Waals surface area contributed by atoms with Crippen LogP contribution in [0, 0.1) is 0 Å². The van der Waals surface area contributed by atoms with Gasteiger partial charge in [0.25, 0.3) is 0 Å². The van der Waals surface area contributed by atoms with Crippen LogP contribution in [0.4, 0.5) is 0 Å². The first-order valence-corrected chi connectivity index (χ1v) is 14.9. The van der Waals surface area contributed by atoms with Gasteiger partial charge in [-0.2, -0.15) is 0 Å². The Labute approximate surface area is 250 Å². The second-order valence-corrected chi connectivity index (χ2v) is 11.4. The van der Waals surface area contributed by atoms with E-state index in [2.05, 4.69) is 168 Å². The Morgan fingerprint density at radius 3 is 1.35 bits per heavy atom. The lowest BCUT2D eigenvalue weighted by Gasteiger charge is -2.08. The van der Waals surface area contributed by atoms with Crippen molar-refractivity contribution in [1.82, 2.24) is 4.40 Å². The second-order valence-electron chi connectivity index (χ2n) is 11.4. The smallest absolute Gasteiger partial charge is 0.0620 e. The first-order valence-electron chi connectivity index (χ1n) is 14.9. The van der Waals surface area contributed by atoms with Gasteiger partial charge in [-0.3, -0.25) is 0 Å². The van der Waals surface area contributed by atoms with E-state index in [1.165, 1.54) is 82.6 Å². The molecule has 7 aromatic carbocycles. The summed E-state index contributed by atoms with van der Waals surface area (Å²) in [5, 5.41) is 5.18. The minimum Gasteiger partial charge on any atom is -0.308 e. The average Bonchev–Trinajstić information content (AvgIpc) is 3.60. The fourth-order valence-corrected chi connectivity index (χ4v) is 6.86. The van der Waals surface area contributed by atoms with Crippen molar-refractivity contribution in [2.75, 3.05) is 0 Å². The third-order valence-electron chi connectivity index (χ3n) is 8.90. The molecule has 43 heavy (non-hydrogen) atoms. The van der Waals surface area contributed by atoms with Crippen molar-refractivity contribution in [1.29, 1.82) is 0 Å². The van der Waals surface area contributed by atoms with E-state index in [1.54, 1.807) is 0 Å². The molecule has 0 N–H and O–H groups in total. The summed E-state index contributed by atoms with van der Waals surface area (Å²) in [5.74, 6) is 0. The normalized spacial score (nSPS) is 11.7. The number of benzene rings is 7. The van der Waals surface area contributed by atoms with Crippen molar-refractivity contribution in [3.8, 4) is 44.5 Å². The van der Waals surface area contributed by atoms with Crippen molar-refractivity contribution in [2.24, 2.45) is 0 Å². The highest BCUT2D eigenvalue weighted by atomic mass is 14.9. The number of aromatic nitrogens is 1. The van der Waals surface area contributed by atoms with Crippen LogP contribution in [0.5, 0.6) is 0 Å². The van der Waals surface area contributed by atoms with Gasteiger partial charge >= 0.3 is 0 Å². The fourth-order valence-electron chi connectivity index (χ4n) is 6.86. The first-order chi connectivity index (χ1) is 21.3. The van der Waals surface area contributed by atoms with Crippen LogP contribution in [0.1, 0.15) is 0 Å². The van der Waals surface area contributed by atoms with Crippen molar-refractivity contribution >= 4 is 38.1 Å². The second kappa shape index (κ2) is 9.44. The summed E-state index contributed by atoms with van der Waals surface area (Å²) < 4.78 is 2.46. The number of hydrogen-bond acceptors (Lipinski definition) is 0. The van der Waals surface area contributed by atoms with Crippen molar-refractivity contribution < 1.29 is 0 Å². The van der Waals surface area contributed by atoms with Crippen LogP contribution in [0.3, 0.4) is 0 Å². The molecule has 0 spiro atoms. The molecule has 0 bridgehead atoms. The van der Waals surface area contributed by atoms with Gasteiger partial charge in [-0.15, -0.1) is 0 Å². The molecule has 9 rings (SSSR count). The monoisotopic (exact) mass is 545 g/mol. The summed E-state index contributed by atoms with van der Waals surface area (Å²) in [6, 6.07) is 59.7. The summed E-state index contributed by atoms with van der Waals surface area (Å²) >= 11 is 0. The van der Waals surface area contributed by atoms with Gasteiger partial charge in [0.15, 0.2) is 0 Å². The molecule has 0 atom stereocenters. The van der Waals surface area contributed by atoms with E-state index in [9.17, 15) is 0 Å². The zero-order valence-corrected chi connectivity index (χ0v) is 23.5. The van der Waals surface area contributed by atoms with Gasteiger partial charge in [-0.25, -0.2) is 0 Å². The Morgan fingerprint density at radius 1 is 0.256 bits per heavy atom. The molecular formula is C42H27N. The number of para-hydroxylation sites is 1. The zero-order chi connectivity index (χ0) is 28.3. The molecule has 0 unspecified atom stereocenters. The van der Waals surface area contributed by atoms with Crippen molar-refractivity contribution in [3.63, 3.8) is 0 Å². The van der Waals surface area contributed by atoms with Crippen LogP contribution >= 0.6 is 0 Å². The first kappa shape index (κ1) is 24.0. The van der Waals surface area contributed by atoms with Gasteiger partial charge in [0, 0.05) is 21.5 Å². The number of nitrogens with zero attached hydrogens (tertiary/aromatic N) is 1. The predicted molar refractivity (Wildman–Crippen MR) is 183 cm³/mol. The minimum absolute atomic E-state index is 1.23. The molecule has 0 saturated heterocycles. The Hall–Kier alpha value is -5.66. The quantitative estimate of drug-likeness (QED) is 0.207. The molecule has 0 saturated carbocycles. The van der Waals surface area contributed by atoms with Gasteiger partial charge in [-0.05, 0) is 87.0 Å². The third-order valence-corrected chi connectivity index (χ3v) is 8.90. The summed E-state index contributed by atoms with van der Waals surface area (Å²) in [5.41, 5.74) is 13.7. The zero-order valence-electron chi connectivity index (χ0n) is 23.5. The lowest BCUT2D eigenvalue weighted by Crippen LogP contribution is -1.83. The van der Waals surface area contributed by atoms with Crippen LogP contribution in [0.25, 0.3) is 82.6 Å². The highest BCUT2D eigenvalue weighted by molar-refractivity contribution is 6.24. The average molecular weight is 546 g/mol. The lowest BCUT2D eigenvalue weighted by atomic mass is 9.95. The van der Waals surface area contributed by atoms with E-state index in [4.69, 9.17) is 0 Å². The van der Waals surface area contributed by atoms with Crippen LogP contribution < -0.4 is 0 Å². The molecule has 1 heteroatoms. The molecule has 2 heterocycles. The van der Waals surface area contributed by atoms with Crippen LogP contribution in [-0.4, -0.2) is 4.40 Å². The molecule has 0 amide bonds. The molecule has 200 valence electrons. The van der Waals surface area contributed by atoms with Gasteiger partial charge in [-0.1, -0.05) is 121 Å². The lowest BCUT2D eigenvalue weighted by molar-refractivity contribution is 1.37. The Balaban J connectivity index is 1.29. The molecule has 0 aliphatic carbocycles. The van der Waals surface area contributed by atoms with E-state index in [0.717, 1.165) is 0 Å². The molecule has 0 aliphatic rings. The van der Waals surface area contributed by atoms with Gasteiger partial charge < -0.3 is 4.40 Å². The van der Waals surface area contributed by atoms with Crippen LogP contribution in [0.2, 0.25) is 0 Å². The Kier molecular flexibility index (Phi) is 5.27. The van der Waals surface area contributed by atoms with Gasteiger partial charge in [0.05, 0.1) is 16.6 Å². The third kappa shape index (κ3) is 3.79. The standard InChI is InChI=1S/C42H27N/c1-3-11-28(12-4-1)30-15-9-17-32(23-30)34-21-22-41-37(25-34)39-27-35(26-38-36-19-7-8-20-40(36)43(41)42(38)39)33-18-10-16-31(24-33)29-13-5-2-6-14-29/h1-27H. The van der Waals surface area contributed by atoms with Crippen LogP contribution in [-0.2, 0) is 0 Å². The minimum atomic E-state index is 1.23. The van der Waals surface area contributed by atoms with Gasteiger partial charge in [0.2, 0.25) is 0 Å². The van der Waals surface area contributed by atoms with Crippen molar-refractivity contribution in [2.45, 2.75) is 0 Å². The van der Waals surface area contributed by atoms with E-state index < -0.39 is 0 Å². The van der Waals surface area contributed by atoms with E-state index in [0.29, 0.717) is 0 Å². The van der Waals surface area contributed by atoms with E-state index in [-0.39, 0.29) is 0 Å². The maximum Gasteiger partial charge on any atom is 0.0620 e. The largest absolute Gasteiger partial charge is 0.308 e. The SMILES string of the molecule is c1ccc(-c2cccc(-c3ccc4c(c3)c3cc(-c5cccc(-c6ccccc6)c5)cc5c6ccccc6n4c53)c2)cc1.